The highest BCUT2D eigenvalue weighted by Gasteiger charge is 2.14. The summed E-state index contributed by atoms with van der Waals surface area (Å²) in [7, 11) is -3.67. The standard InChI is InChI=1S/C13H12FNO2S/c1-10-7-8-11(14)9-13(10)15-18(16,17)12-5-3-2-4-6-12/h2-9,15H,1H3. The van der Waals surface area contributed by atoms with Gasteiger partial charge in [0.2, 0.25) is 0 Å². The number of hydrogen-bond donors (Lipinski definition) is 1. The summed E-state index contributed by atoms with van der Waals surface area (Å²) < 4.78 is 39.5. The molecule has 0 aromatic heterocycles. The van der Waals surface area contributed by atoms with Crippen LogP contribution in [-0.2, 0) is 10.0 Å². The number of nitrogens with one attached hydrogen (secondary N) is 1. The van der Waals surface area contributed by atoms with Gasteiger partial charge in [0.05, 0.1) is 10.6 Å². The lowest BCUT2D eigenvalue weighted by Crippen LogP contribution is -2.13. The van der Waals surface area contributed by atoms with Gasteiger partial charge in [-0.25, -0.2) is 12.8 Å². The molecule has 0 saturated heterocycles. The van der Waals surface area contributed by atoms with Crippen LogP contribution in [0.4, 0.5) is 10.1 Å². The molecule has 3 nitrogen and oxygen atoms in total. The summed E-state index contributed by atoms with van der Waals surface area (Å²) in [4.78, 5) is 0.147. The maximum Gasteiger partial charge on any atom is 0.261 e. The quantitative estimate of drug-likeness (QED) is 0.927. The van der Waals surface area contributed by atoms with Crippen LogP contribution >= 0.6 is 0 Å². The van der Waals surface area contributed by atoms with Gasteiger partial charge >= 0.3 is 0 Å². The van der Waals surface area contributed by atoms with Crippen molar-refractivity contribution in [2.45, 2.75) is 11.8 Å². The lowest BCUT2D eigenvalue weighted by atomic mass is 10.2. The molecule has 18 heavy (non-hydrogen) atoms. The molecule has 0 amide bonds. The van der Waals surface area contributed by atoms with Crippen molar-refractivity contribution >= 4 is 15.7 Å². The fourth-order valence-corrected chi connectivity index (χ4v) is 2.65. The van der Waals surface area contributed by atoms with Crippen LogP contribution in [0.3, 0.4) is 0 Å². The minimum Gasteiger partial charge on any atom is -0.279 e. The SMILES string of the molecule is Cc1ccc(F)cc1NS(=O)(=O)c1ccccc1. The Balaban J connectivity index is 2.37. The van der Waals surface area contributed by atoms with E-state index in [2.05, 4.69) is 4.72 Å². The van der Waals surface area contributed by atoms with Gasteiger partial charge in [-0.2, -0.15) is 0 Å². The van der Waals surface area contributed by atoms with Crippen molar-refractivity contribution in [2.75, 3.05) is 4.72 Å². The van der Waals surface area contributed by atoms with E-state index in [0.717, 1.165) is 6.07 Å². The molecule has 1 N–H and O–H groups in total. The number of hydrogen-bond acceptors (Lipinski definition) is 2. The van der Waals surface area contributed by atoms with E-state index in [-0.39, 0.29) is 10.6 Å². The summed E-state index contributed by atoms with van der Waals surface area (Å²) in [6.07, 6.45) is 0. The molecule has 0 aliphatic carbocycles. The minimum atomic E-state index is -3.67. The number of sulfonamides is 1. The summed E-state index contributed by atoms with van der Waals surface area (Å²) >= 11 is 0. The van der Waals surface area contributed by atoms with Crippen molar-refractivity contribution in [3.05, 3.63) is 59.9 Å². The Kier molecular flexibility index (Phi) is 3.34. The van der Waals surface area contributed by atoms with Crippen molar-refractivity contribution in [3.63, 3.8) is 0 Å². The molecule has 0 radical (unpaired) electrons. The van der Waals surface area contributed by atoms with Gasteiger partial charge < -0.3 is 0 Å². The Morgan fingerprint density at radius 3 is 2.39 bits per heavy atom. The lowest BCUT2D eigenvalue weighted by Gasteiger charge is -2.10. The molecule has 2 rings (SSSR count). The second-order valence-electron chi connectivity index (χ2n) is 3.88. The van der Waals surface area contributed by atoms with Gasteiger partial charge in [0.15, 0.2) is 0 Å². The fraction of sp³-hybridized carbons (Fsp3) is 0.0769. The summed E-state index contributed by atoms with van der Waals surface area (Å²) in [5, 5.41) is 0. The highest BCUT2D eigenvalue weighted by Crippen LogP contribution is 2.20. The van der Waals surface area contributed by atoms with E-state index >= 15 is 0 Å². The number of aryl methyl sites for hydroxylation is 1. The van der Waals surface area contributed by atoms with E-state index in [9.17, 15) is 12.8 Å². The Morgan fingerprint density at radius 2 is 1.72 bits per heavy atom. The monoisotopic (exact) mass is 265 g/mol. The van der Waals surface area contributed by atoms with Crippen molar-refractivity contribution in [3.8, 4) is 0 Å². The van der Waals surface area contributed by atoms with Crippen LogP contribution in [0.2, 0.25) is 0 Å². The molecule has 94 valence electrons. The van der Waals surface area contributed by atoms with Crippen LogP contribution in [0.5, 0.6) is 0 Å². The molecule has 2 aromatic carbocycles. The topological polar surface area (TPSA) is 46.2 Å². The third-order valence-corrected chi connectivity index (χ3v) is 3.88. The Labute approximate surface area is 105 Å². The molecule has 0 atom stereocenters. The van der Waals surface area contributed by atoms with E-state index in [1.807, 2.05) is 0 Å². The molecule has 0 unspecified atom stereocenters. The molecule has 5 heteroatoms. The molecule has 0 bridgehead atoms. The third kappa shape index (κ3) is 2.68. The van der Waals surface area contributed by atoms with Crippen molar-refractivity contribution in [1.29, 1.82) is 0 Å². The van der Waals surface area contributed by atoms with Gasteiger partial charge in [-0.1, -0.05) is 24.3 Å². The molecule has 0 spiro atoms. The van der Waals surface area contributed by atoms with Gasteiger partial charge in [0.25, 0.3) is 10.0 Å². The van der Waals surface area contributed by atoms with Crippen LogP contribution in [0.25, 0.3) is 0 Å². The molecular formula is C13H12FNO2S. The predicted octanol–water partition coefficient (Wildman–Crippen LogP) is 2.93. The minimum absolute atomic E-state index is 0.147. The van der Waals surface area contributed by atoms with Gasteiger partial charge in [-0.05, 0) is 36.8 Å². The van der Waals surface area contributed by atoms with Gasteiger partial charge in [0, 0.05) is 0 Å². The zero-order valence-electron chi connectivity index (χ0n) is 9.72. The molecule has 0 aliphatic rings. The van der Waals surface area contributed by atoms with Crippen LogP contribution in [0.15, 0.2) is 53.4 Å². The number of benzene rings is 2. The molecule has 0 fully saturated rings. The highest BCUT2D eigenvalue weighted by atomic mass is 32.2. The smallest absolute Gasteiger partial charge is 0.261 e. The first-order valence-electron chi connectivity index (χ1n) is 5.33. The summed E-state index contributed by atoms with van der Waals surface area (Å²) in [6.45, 7) is 1.71. The van der Waals surface area contributed by atoms with Crippen LogP contribution < -0.4 is 4.72 Å². The average Bonchev–Trinajstić information content (AvgIpc) is 2.35. The summed E-state index contributed by atoms with van der Waals surface area (Å²) in [5.74, 6) is -0.480. The second-order valence-corrected chi connectivity index (χ2v) is 5.56. The molecule has 0 heterocycles. The first kappa shape index (κ1) is 12.6. The molecule has 0 aliphatic heterocycles. The van der Waals surface area contributed by atoms with E-state index in [1.165, 1.54) is 24.3 Å². The average molecular weight is 265 g/mol. The second kappa shape index (κ2) is 4.78. The molecule has 2 aromatic rings. The van der Waals surface area contributed by atoms with Gasteiger partial charge in [-0.3, -0.25) is 4.72 Å². The lowest BCUT2D eigenvalue weighted by molar-refractivity contribution is 0.601. The van der Waals surface area contributed by atoms with Crippen LogP contribution in [0, 0.1) is 12.7 Å². The summed E-state index contributed by atoms with van der Waals surface area (Å²) in [5.41, 5.74) is 0.912. The zero-order valence-corrected chi connectivity index (χ0v) is 10.5. The third-order valence-electron chi connectivity index (χ3n) is 2.50. The van der Waals surface area contributed by atoms with Crippen molar-refractivity contribution in [1.82, 2.24) is 0 Å². The highest BCUT2D eigenvalue weighted by molar-refractivity contribution is 7.92. The Morgan fingerprint density at radius 1 is 1.06 bits per heavy atom. The van der Waals surface area contributed by atoms with E-state index in [0.29, 0.717) is 5.56 Å². The number of halogens is 1. The normalized spacial score (nSPS) is 11.2. The van der Waals surface area contributed by atoms with Gasteiger partial charge in [0.1, 0.15) is 5.82 Å². The van der Waals surface area contributed by atoms with Crippen molar-refractivity contribution in [2.24, 2.45) is 0 Å². The van der Waals surface area contributed by atoms with E-state index in [4.69, 9.17) is 0 Å². The predicted molar refractivity (Wildman–Crippen MR) is 68.4 cm³/mol. The Bertz CT molecular complexity index is 654. The molecular weight excluding hydrogens is 253 g/mol. The maximum absolute atomic E-state index is 13.1. The fourth-order valence-electron chi connectivity index (χ4n) is 1.51. The first-order valence-corrected chi connectivity index (χ1v) is 6.81. The number of rotatable bonds is 3. The summed E-state index contributed by atoms with van der Waals surface area (Å²) in [6, 6.07) is 11.9. The van der Waals surface area contributed by atoms with Crippen LogP contribution in [-0.4, -0.2) is 8.42 Å². The first-order chi connectivity index (χ1) is 8.49. The zero-order chi connectivity index (χ0) is 13.2. The van der Waals surface area contributed by atoms with Crippen molar-refractivity contribution < 1.29 is 12.8 Å². The maximum atomic E-state index is 13.1. The Hall–Kier alpha value is -1.88. The largest absolute Gasteiger partial charge is 0.279 e. The van der Waals surface area contributed by atoms with Gasteiger partial charge in [-0.15, -0.1) is 0 Å². The molecule has 0 saturated carbocycles. The van der Waals surface area contributed by atoms with E-state index < -0.39 is 15.8 Å². The van der Waals surface area contributed by atoms with E-state index in [1.54, 1.807) is 25.1 Å². The number of anilines is 1. The van der Waals surface area contributed by atoms with Crippen LogP contribution in [0.1, 0.15) is 5.56 Å².